The van der Waals surface area contributed by atoms with Gasteiger partial charge in [0.25, 0.3) is 0 Å². The summed E-state index contributed by atoms with van der Waals surface area (Å²) >= 11 is 0. The van der Waals surface area contributed by atoms with Crippen LogP contribution in [0.4, 0.5) is 0 Å². The number of hydrogen-bond acceptors (Lipinski definition) is 4. The number of aliphatic hydroxyl groups is 1. The van der Waals surface area contributed by atoms with Gasteiger partial charge in [-0.05, 0) is 0 Å². The largest absolute Gasteiger partial charge is 0.395 e. The van der Waals surface area contributed by atoms with Gasteiger partial charge in [0.15, 0.2) is 15.6 Å². The Morgan fingerprint density at radius 3 is 2.31 bits per heavy atom. The zero-order chi connectivity index (χ0) is 12.0. The van der Waals surface area contributed by atoms with Crippen LogP contribution < -0.4 is 0 Å². The molecule has 0 heterocycles. The minimum atomic E-state index is -3.31. The third kappa shape index (κ3) is 4.12. The molecule has 0 spiro atoms. The summed E-state index contributed by atoms with van der Waals surface area (Å²) < 4.78 is 22.5. The molecule has 0 aliphatic carbocycles. The van der Waals surface area contributed by atoms with E-state index >= 15 is 0 Å². The van der Waals surface area contributed by atoms with Gasteiger partial charge in [-0.2, -0.15) is 0 Å². The summed E-state index contributed by atoms with van der Waals surface area (Å²) in [6.07, 6.45) is -0.0354. The lowest BCUT2D eigenvalue weighted by atomic mass is 10.1. The minimum absolute atomic E-state index is 0.0354. The van der Waals surface area contributed by atoms with Gasteiger partial charge in [-0.15, -0.1) is 0 Å². The monoisotopic (exact) mass is 242 g/mol. The van der Waals surface area contributed by atoms with Crippen molar-refractivity contribution in [2.24, 2.45) is 0 Å². The van der Waals surface area contributed by atoms with E-state index in [1.807, 2.05) is 0 Å². The van der Waals surface area contributed by atoms with Gasteiger partial charge in [-0.1, -0.05) is 30.3 Å². The summed E-state index contributed by atoms with van der Waals surface area (Å²) in [6.45, 7) is -0.401. The number of carbonyl (C=O) groups is 1. The smallest absolute Gasteiger partial charge is 0.163 e. The van der Waals surface area contributed by atoms with E-state index in [0.29, 0.717) is 5.56 Å². The van der Waals surface area contributed by atoms with E-state index < -0.39 is 16.4 Å². The Hall–Kier alpha value is -1.20. The maximum absolute atomic E-state index is 11.6. The van der Waals surface area contributed by atoms with Crippen LogP contribution in [-0.4, -0.2) is 37.4 Å². The van der Waals surface area contributed by atoms with E-state index in [-0.39, 0.29) is 23.7 Å². The molecule has 0 aromatic heterocycles. The van der Waals surface area contributed by atoms with Crippen molar-refractivity contribution < 1.29 is 18.3 Å². The molecule has 5 heteroatoms. The molecule has 0 atom stereocenters. The van der Waals surface area contributed by atoms with Crippen LogP contribution in [0, 0.1) is 0 Å². The quantitative estimate of drug-likeness (QED) is 0.744. The summed E-state index contributed by atoms with van der Waals surface area (Å²) in [6, 6.07) is 8.56. The van der Waals surface area contributed by atoms with E-state index in [4.69, 9.17) is 5.11 Å². The molecule has 1 rings (SSSR count). The highest BCUT2D eigenvalue weighted by molar-refractivity contribution is 7.91. The summed E-state index contributed by atoms with van der Waals surface area (Å²) in [5.41, 5.74) is 0.515. The van der Waals surface area contributed by atoms with Crippen LogP contribution >= 0.6 is 0 Å². The normalized spacial score (nSPS) is 11.3. The SMILES string of the molecule is O=C(CCS(=O)(=O)CCO)c1ccccc1. The molecule has 0 radical (unpaired) electrons. The molecule has 4 nitrogen and oxygen atoms in total. The molecule has 0 bridgehead atoms. The summed E-state index contributed by atoms with van der Waals surface area (Å²) in [7, 11) is -3.31. The third-order valence-electron chi connectivity index (χ3n) is 2.14. The predicted molar refractivity (Wildman–Crippen MR) is 61.1 cm³/mol. The molecular weight excluding hydrogens is 228 g/mol. The molecule has 0 aliphatic heterocycles. The molecule has 0 amide bonds. The van der Waals surface area contributed by atoms with Crippen LogP contribution in [0.3, 0.4) is 0 Å². The second-order valence-electron chi connectivity index (χ2n) is 3.41. The van der Waals surface area contributed by atoms with Crippen LogP contribution in [0.1, 0.15) is 16.8 Å². The number of ketones is 1. The molecule has 0 aliphatic rings. The predicted octanol–water partition coefficient (Wildman–Crippen LogP) is 0.667. The maximum Gasteiger partial charge on any atom is 0.163 e. The van der Waals surface area contributed by atoms with Crippen LogP contribution in [-0.2, 0) is 9.84 Å². The molecule has 16 heavy (non-hydrogen) atoms. The van der Waals surface area contributed by atoms with Crippen molar-refractivity contribution in [1.29, 1.82) is 0 Å². The Morgan fingerprint density at radius 1 is 1.12 bits per heavy atom. The summed E-state index contributed by atoms with van der Waals surface area (Å²) in [5.74, 6) is -0.682. The minimum Gasteiger partial charge on any atom is -0.395 e. The van der Waals surface area contributed by atoms with Crippen molar-refractivity contribution in [1.82, 2.24) is 0 Å². The fraction of sp³-hybridized carbons (Fsp3) is 0.364. The second kappa shape index (κ2) is 5.77. The van der Waals surface area contributed by atoms with Gasteiger partial charge in [0.1, 0.15) is 0 Å². The van der Waals surface area contributed by atoms with Crippen molar-refractivity contribution in [3.8, 4) is 0 Å². The number of rotatable bonds is 6. The van der Waals surface area contributed by atoms with Crippen molar-refractivity contribution in [2.45, 2.75) is 6.42 Å². The topological polar surface area (TPSA) is 71.4 Å². The van der Waals surface area contributed by atoms with Gasteiger partial charge < -0.3 is 5.11 Å². The van der Waals surface area contributed by atoms with E-state index in [9.17, 15) is 13.2 Å². The molecule has 1 N–H and O–H groups in total. The lowest BCUT2D eigenvalue weighted by Crippen LogP contribution is -2.16. The average Bonchev–Trinajstić information content (AvgIpc) is 2.27. The molecule has 1 aromatic rings. The van der Waals surface area contributed by atoms with Crippen molar-refractivity contribution in [3.63, 3.8) is 0 Å². The Balaban J connectivity index is 2.54. The molecular formula is C11H14O4S. The van der Waals surface area contributed by atoms with Crippen LogP contribution in [0.5, 0.6) is 0 Å². The highest BCUT2D eigenvalue weighted by Crippen LogP contribution is 2.04. The molecule has 0 unspecified atom stereocenters. The lowest BCUT2D eigenvalue weighted by Gasteiger charge is -2.02. The van der Waals surface area contributed by atoms with Gasteiger partial charge >= 0.3 is 0 Å². The van der Waals surface area contributed by atoms with E-state index in [1.54, 1.807) is 30.3 Å². The first-order valence-electron chi connectivity index (χ1n) is 4.95. The van der Waals surface area contributed by atoms with Gasteiger partial charge in [0, 0.05) is 12.0 Å². The standard InChI is InChI=1S/C11H14O4S/c12-7-9-16(14,15)8-6-11(13)10-4-2-1-3-5-10/h1-5,12H,6-9H2. The number of Topliss-reactive ketones (excluding diaryl/α,β-unsaturated/α-hetero) is 1. The van der Waals surface area contributed by atoms with Gasteiger partial charge in [-0.3, -0.25) is 4.79 Å². The first-order chi connectivity index (χ1) is 7.55. The average molecular weight is 242 g/mol. The highest BCUT2D eigenvalue weighted by atomic mass is 32.2. The van der Waals surface area contributed by atoms with Crippen LogP contribution in [0.25, 0.3) is 0 Å². The fourth-order valence-corrected chi connectivity index (χ4v) is 2.24. The Labute approximate surface area is 94.8 Å². The van der Waals surface area contributed by atoms with E-state index in [2.05, 4.69) is 0 Å². The first-order valence-corrected chi connectivity index (χ1v) is 6.77. The number of benzene rings is 1. The highest BCUT2D eigenvalue weighted by Gasteiger charge is 2.13. The van der Waals surface area contributed by atoms with Gasteiger partial charge in [0.2, 0.25) is 0 Å². The van der Waals surface area contributed by atoms with Gasteiger partial charge in [-0.25, -0.2) is 8.42 Å². The molecule has 88 valence electrons. The fourth-order valence-electron chi connectivity index (χ4n) is 1.26. The first kappa shape index (κ1) is 12.9. The van der Waals surface area contributed by atoms with Crippen molar-refractivity contribution >= 4 is 15.6 Å². The number of hydrogen-bond donors (Lipinski definition) is 1. The third-order valence-corrected chi connectivity index (χ3v) is 3.77. The van der Waals surface area contributed by atoms with Crippen LogP contribution in [0.2, 0.25) is 0 Å². The lowest BCUT2D eigenvalue weighted by molar-refractivity contribution is 0.0988. The number of carbonyl (C=O) groups excluding carboxylic acids is 1. The van der Waals surface area contributed by atoms with Crippen LogP contribution in [0.15, 0.2) is 30.3 Å². The van der Waals surface area contributed by atoms with E-state index in [0.717, 1.165) is 0 Å². The zero-order valence-electron chi connectivity index (χ0n) is 8.80. The Bertz CT molecular complexity index is 436. The zero-order valence-corrected chi connectivity index (χ0v) is 9.61. The van der Waals surface area contributed by atoms with E-state index in [1.165, 1.54) is 0 Å². The second-order valence-corrected chi connectivity index (χ2v) is 5.72. The molecule has 1 aromatic carbocycles. The number of aliphatic hydroxyl groups excluding tert-OH is 1. The molecule has 0 fully saturated rings. The van der Waals surface area contributed by atoms with Crippen molar-refractivity contribution in [3.05, 3.63) is 35.9 Å². The molecule has 0 saturated heterocycles. The Morgan fingerprint density at radius 2 is 1.75 bits per heavy atom. The van der Waals surface area contributed by atoms with Gasteiger partial charge in [0.05, 0.1) is 18.1 Å². The van der Waals surface area contributed by atoms with Crippen molar-refractivity contribution in [2.75, 3.05) is 18.1 Å². The Kier molecular flexibility index (Phi) is 4.64. The molecule has 0 saturated carbocycles. The summed E-state index contributed by atoms with van der Waals surface area (Å²) in [4.78, 5) is 11.6. The number of sulfone groups is 1. The maximum atomic E-state index is 11.6. The summed E-state index contributed by atoms with van der Waals surface area (Å²) in [5, 5.41) is 8.52.